The third-order valence-electron chi connectivity index (χ3n) is 3.85. The fourth-order valence-electron chi connectivity index (χ4n) is 2.44. The highest BCUT2D eigenvalue weighted by Crippen LogP contribution is 2.36. The van der Waals surface area contributed by atoms with Crippen LogP contribution in [-0.2, 0) is 4.79 Å². The number of nitriles is 1. The van der Waals surface area contributed by atoms with Crippen LogP contribution in [0.3, 0.4) is 0 Å². The van der Waals surface area contributed by atoms with E-state index in [-0.39, 0.29) is 12.3 Å². The van der Waals surface area contributed by atoms with Crippen LogP contribution in [0.1, 0.15) is 18.4 Å². The van der Waals surface area contributed by atoms with Crippen LogP contribution in [0.2, 0.25) is 5.02 Å². The van der Waals surface area contributed by atoms with Crippen LogP contribution in [0.25, 0.3) is 0 Å². The lowest BCUT2D eigenvalue weighted by Gasteiger charge is -2.13. The molecule has 8 heteroatoms. The Hall–Kier alpha value is -3.11. The van der Waals surface area contributed by atoms with Gasteiger partial charge in [-0.3, -0.25) is 4.79 Å². The topological polar surface area (TPSA) is 89.8 Å². The summed E-state index contributed by atoms with van der Waals surface area (Å²) in [5.41, 5.74) is 0.958. The number of hydrogen-bond acceptors (Lipinski definition) is 6. The van der Waals surface area contributed by atoms with Crippen molar-refractivity contribution in [1.82, 2.24) is 0 Å². The Balaban J connectivity index is 1.89. The number of amides is 1. The summed E-state index contributed by atoms with van der Waals surface area (Å²) in [4.78, 5) is 12.2. The third kappa shape index (κ3) is 5.44. The lowest BCUT2D eigenvalue weighted by atomic mass is 10.2. The maximum atomic E-state index is 12.2. The Morgan fingerprint density at radius 3 is 2.39 bits per heavy atom. The zero-order chi connectivity index (χ0) is 20.5. The van der Waals surface area contributed by atoms with Gasteiger partial charge in [-0.25, -0.2) is 0 Å². The average molecular weight is 405 g/mol. The smallest absolute Gasteiger partial charge is 0.224 e. The first-order valence-corrected chi connectivity index (χ1v) is 8.82. The van der Waals surface area contributed by atoms with Crippen LogP contribution in [0.5, 0.6) is 23.0 Å². The number of carbonyl (C=O) groups is 1. The number of benzene rings is 2. The molecule has 0 unspecified atom stereocenters. The molecule has 2 rings (SSSR count). The Morgan fingerprint density at radius 2 is 1.75 bits per heavy atom. The van der Waals surface area contributed by atoms with E-state index in [1.807, 2.05) is 6.07 Å². The lowest BCUT2D eigenvalue weighted by Crippen LogP contribution is -2.13. The summed E-state index contributed by atoms with van der Waals surface area (Å²) < 4.78 is 21.3. The molecule has 0 saturated heterocycles. The first-order valence-electron chi connectivity index (χ1n) is 8.44. The Morgan fingerprint density at radius 1 is 1.04 bits per heavy atom. The van der Waals surface area contributed by atoms with Crippen LogP contribution in [0.15, 0.2) is 30.3 Å². The Kier molecular flexibility index (Phi) is 7.78. The molecule has 1 amide bonds. The Bertz CT molecular complexity index is 880. The molecule has 0 radical (unpaired) electrons. The minimum atomic E-state index is -0.196. The normalized spacial score (nSPS) is 9.96. The van der Waals surface area contributed by atoms with E-state index in [0.29, 0.717) is 52.3 Å². The van der Waals surface area contributed by atoms with Crippen LogP contribution in [0.4, 0.5) is 5.69 Å². The van der Waals surface area contributed by atoms with Crippen molar-refractivity contribution in [3.63, 3.8) is 0 Å². The van der Waals surface area contributed by atoms with Crippen molar-refractivity contribution >= 4 is 23.2 Å². The first kappa shape index (κ1) is 21.2. The van der Waals surface area contributed by atoms with Crippen molar-refractivity contribution in [1.29, 1.82) is 5.26 Å². The fraction of sp³-hybridized carbons (Fsp3) is 0.300. The molecule has 1 N–H and O–H groups in total. The van der Waals surface area contributed by atoms with E-state index < -0.39 is 0 Å². The molecule has 0 aromatic heterocycles. The van der Waals surface area contributed by atoms with E-state index in [9.17, 15) is 4.79 Å². The van der Waals surface area contributed by atoms with Crippen molar-refractivity contribution in [2.75, 3.05) is 33.3 Å². The zero-order valence-electron chi connectivity index (χ0n) is 15.9. The molecular formula is C20H21ClN2O5. The number of anilines is 1. The van der Waals surface area contributed by atoms with E-state index in [1.165, 1.54) is 21.3 Å². The van der Waals surface area contributed by atoms with Gasteiger partial charge in [-0.05, 0) is 18.6 Å². The monoisotopic (exact) mass is 404 g/mol. The van der Waals surface area contributed by atoms with Gasteiger partial charge in [-0.15, -0.1) is 0 Å². The molecule has 7 nitrogen and oxygen atoms in total. The predicted molar refractivity (Wildman–Crippen MR) is 106 cm³/mol. The summed E-state index contributed by atoms with van der Waals surface area (Å²) in [7, 11) is 4.49. The van der Waals surface area contributed by atoms with Gasteiger partial charge in [0.25, 0.3) is 0 Å². The zero-order valence-corrected chi connectivity index (χ0v) is 16.6. The van der Waals surface area contributed by atoms with Gasteiger partial charge in [0, 0.05) is 24.6 Å². The van der Waals surface area contributed by atoms with Gasteiger partial charge >= 0.3 is 0 Å². The van der Waals surface area contributed by atoms with Gasteiger partial charge in [0.15, 0.2) is 11.5 Å². The number of hydrogen-bond donors (Lipinski definition) is 1. The van der Waals surface area contributed by atoms with Crippen LogP contribution in [-0.4, -0.2) is 33.8 Å². The molecule has 2 aromatic carbocycles. The second-order valence-corrected chi connectivity index (χ2v) is 6.07. The standard InChI is InChI=1S/C20H21ClN2O5/c1-25-17-11-15(18(26-2)10-14(17)21)23-20(24)5-4-8-28-16-7-6-13(12-22)9-19(16)27-3/h6-7,9-11H,4-5,8H2,1-3H3,(H,23,24). The highest BCUT2D eigenvalue weighted by atomic mass is 35.5. The van der Waals surface area contributed by atoms with E-state index in [4.69, 9.17) is 35.8 Å². The van der Waals surface area contributed by atoms with E-state index in [0.717, 1.165) is 0 Å². The van der Waals surface area contributed by atoms with Crippen molar-refractivity contribution in [2.45, 2.75) is 12.8 Å². The molecular weight excluding hydrogens is 384 g/mol. The SMILES string of the molecule is COc1cc(NC(=O)CCCOc2ccc(C#N)cc2OC)c(OC)cc1Cl. The Labute approximate surface area is 168 Å². The fourth-order valence-corrected chi connectivity index (χ4v) is 2.67. The van der Waals surface area contributed by atoms with Gasteiger partial charge in [0.1, 0.15) is 11.5 Å². The van der Waals surface area contributed by atoms with Gasteiger partial charge in [0.2, 0.25) is 5.91 Å². The highest BCUT2D eigenvalue weighted by molar-refractivity contribution is 6.32. The number of methoxy groups -OCH3 is 3. The molecule has 148 valence electrons. The average Bonchev–Trinajstić information content (AvgIpc) is 2.72. The molecule has 0 aliphatic rings. The van der Waals surface area contributed by atoms with Crippen molar-refractivity contribution in [3.05, 3.63) is 40.9 Å². The van der Waals surface area contributed by atoms with Crippen LogP contribution < -0.4 is 24.3 Å². The number of nitrogens with zero attached hydrogens (tertiary/aromatic N) is 1. The summed E-state index contributed by atoms with van der Waals surface area (Å²) >= 11 is 6.06. The quantitative estimate of drug-likeness (QED) is 0.634. The van der Waals surface area contributed by atoms with E-state index >= 15 is 0 Å². The summed E-state index contributed by atoms with van der Waals surface area (Å²) in [6.45, 7) is 0.316. The minimum absolute atomic E-state index is 0.196. The molecule has 28 heavy (non-hydrogen) atoms. The molecule has 0 heterocycles. The summed E-state index contributed by atoms with van der Waals surface area (Å²) in [6.07, 6.45) is 0.731. The maximum absolute atomic E-state index is 12.2. The largest absolute Gasteiger partial charge is 0.495 e. The molecule has 0 atom stereocenters. The number of halogens is 1. The van der Waals surface area contributed by atoms with Crippen LogP contribution in [0, 0.1) is 11.3 Å². The van der Waals surface area contributed by atoms with E-state index in [1.54, 1.807) is 30.3 Å². The molecule has 0 aliphatic carbocycles. The van der Waals surface area contributed by atoms with Gasteiger partial charge in [-0.1, -0.05) is 11.6 Å². The number of carbonyl (C=O) groups excluding carboxylic acids is 1. The van der Waals surface area contributed by atoms with Crippen molar-refractivity contribution in [3.8, 4) is 29.1 Å². The second-order valence-electron chi connectivity index (χ2n) is 5.66. The summed E-state index contributed by atoms with van der Waals surface area (Å²) in [5.74, 6) is 1.68. The van der Waals surface area contributed by atoms with Crippen molar-refractivity contribution in [2.24, 2.45) is 0 Å². The number of nitrogens with one attached hydrogen (secondary N) is 1. The van der Waals surface area contributed by atoms with Crippen molar-refractivity contribution < 1.29 is 23.7 Å². The van der Waals surface area contributed by atoms with Gasteiger partial charge in [-0.2, -0.15) is 5.26 Å². The molecule has 0 saturated carbocycles. The second kappa shape index (κ2) is 10.3. The predicted octanol–water partition coefficient (Wildman–Crippen LogP) is 4.04. The van der Waals surface area contributed by atoms with E-state index in [2.05, 4.69) is 5.32 Å². The number of ether oxygens (including phenoxy) is 4. The molecule has 0 spiro atoms. The molecule has 0 bridgehead atoms. The van der Waals surface area contributed by atoms with Gasteiger partial charge < -0.3 is 24.3 Å². The third-order valence-corrected chi connectivity index (χ3v) is 4.14. The lowest BCUT2D eigenvalue weighted by molar-refractivity contribution is -0.116. The van der Waals surface area contributed by atoms with Gasteiger partial charge in [0.05, 0.1) is 50.3 Å². The molecule has 2 aromatic rings. The minimum Gasteiger partial charge on any atom is -0.495 e. The maximum Gasteiger partial charge on any atom is 0.224 e. The summed E-state index contributed by atoms with van der Waals surface area (Å²) in [6, 6.07) is 10.1. The molecule has 0 aliphatic heterocycles. The summed E-state index contributed by atoms with van der Waals surface area (Å²) in [5, 5.41) is 12.1. The highest BCUT2D eigenvalue weighted by Gasteiger charge is 2.13. The number of rotatable bonds is 9. The van der Waals surface area contributed by atoms with Crippen LogP contribution >= 0.6 is 11.6 Å². The first-order chi connectivity index (χ1) is 13.5. The molecule has 0 fully saturated rings.